The molecule has 0 spiro atoms. The Kier molecular flexibility index (Phi) is 4.37. The Labute approximate surface area is 147 Å². The van der Waals surface area contributed by atoms with Gasteiger partial charge in [0.2, 0.25) is 5.95 Å². The van der Waals surface area contributed by atoms with E-state index in [9.17, 15) is 19.5 Å². The summed E-state index contributed by atoms with van der Waals surface area (Å²) in [6.45, 7) is 3.70. The second-order valence-corrected chi connectivity index (χ2v) is 6.31. The molecule has 0 atom stereocenters. The molecule has 0 amide bonds. The van der Waals surface area contributed by atoms with Crippen LogP contribution in [0.2, 0.25) is 0 Å². The predicted octanol–water partition coefficient (Wildman–Crippen LogP) is 1.37. The summed E-state index contributed by atoms with van der Waals surface area (Å²) in [5.74, 6) is -0.573. The molecule has 2 heterocycles. The van der Waals surface area contributed by atoms with E-state index < -0.39 is 23.8 Å². The van der Waals surface area contributed by atoms with Gasteiger partial charge in [0.15, 0.2) is 11.2 Å². The fourth-order valence-corrected chi connectivity index (χ4v) is 2.70. The van der Waals surface area contributed by atoms with Crippen molar-refractivity contribution in [1.82, 2.24) is 19.1 Å². The lowest BCUT2D eigenvalue weighted by molar-refractivity contribution is -0.137. The minimum atomic E-state index is -1.13. The van der Waals surface area contributed by atoms with Crippen molar-refractivity contribution in [2.24, 2.45) is 7.05 Å². The van der Waals surface area contributed by atoms with Gasteiger partial charge < -0.3 is 10.4 Å². The number of carboxylic acids is 1. The number of nitrogens with zero attached hydrogens (tertiary/aromatic N) is 3. The highest BCUT2D eigenvalue weighted by molar-refractivity contribution is 5.78. The third-order valence-electron chi connectivity index (χ3n) is 4.13. The Morgan fingerprint density at radius 3 is 2.50 bits per heavy atom. The van der Waals surface area contributed by atoms with Crippen molar-refractivity contribution >= 4 is 28.8 Å². The number of aryl methyl sites for hydroxylation is 1. The number of fused-ring (bicyclic) bond motifs is 1. The molecule has 0 bridgehead atoms. The van der Waals surface area contributed by atoms with Gasteiger partial charge in [-0.25, -0.2) is 4.79 Å². The molecular weight excluding hydrogens is 338 g/mol. The summed E-state index contributed by atoms with van der Waals surface area (Å²) < 4.78 is 2.41. The van der Waals surface area contributed by atoms with Gasteiger partial charge in [0, 0.05) is 12.7 Å². The van der Waals surface area contributed by atoms with Gasteiger partial charge >= 0.3 is 11.7 Å². The zero-order valence-electron chi connectivity index (χ0n) is 14.6. The summed E-state index contributed by atoms with van der Waals surface area (Å²) in [5, 5.41) is 12.2. The number of aromatic amines is 1. The number of anilines is 2. The van der Waals surface area contributed by atoms with Crippen molar-refractivity contribution in [3.63, 3.8) is 0 Å². The number of hydrogen-bond acceptors (Lipinski definition) is 5. The maximum Gasteiger partial charge on any atom is 0.329 e. The van der Waals surface area contributed by atoms with Crippen LogP contribution >= 0.6 is 0 Å². The van der Waals surface area contributed by atoms with Crippen LogP contribution in [0.1, 0.15) is 25.3 Å². The number of carboxylic acid groups (broad SMARTS) is 1. The highest BCUT2D eigenvalue weighted by Gasteiger charge is 2.19. The van der Waals surface area contributed by atoms with Crippen molar-refractivity contribution in [3.8, 4) is 0 Å². The molecule has 136 valence electrons. The van der Waals surface area contributed by atoms with Crippen LogP contribution in [0, 0.1) is 0 Å². The molecule has 9 nitrogen and oxygen atoms in total. The zero-order valence-corrected chi connectivity index (χ0v) is 14.6. The molecule has 1 aromatic carbocycles. The first-order valence-corrected chi connectivity index (χ1v) is 8.06. The highest BCUT2D eigenvalue weighted by Crippen LogP contribution is 2.22. The van der Waals surface area contributed by atoms with Crippen molar-refractivity contribution < 1.29 is 9.90 Å². The van der Waals surface area contributed by atoms with Gasteiger partial charge in [0.1, 0.15) is 6.54 Å². The molecule has 0 saturated heterocycles. The molecule has 3 N–H and O–H groups in total. The first-order chi connectivity index (χ1) is 12.3. The molecular formula is C17H19N5O4. The Bertz CT molecular complexity index is 1090. The quantitative estimate of drug-likeness (QED) is 0.634. The minimum absolute atomic E-state index is 0.0239. The molecule has 0 unspecified atom stereocenters. The molecule has 0 saturated carbocycles. The summed E-state index contributed by atoms with van der Waals surface area (Å²) in [4.78, 5) is 41.6. The van der Waals surface area contributed by atoms with Gasteiger partial charge in [-0.3, -0.25) is 23.7 Å². The SMILES string of the molecule is CC(C)c1ccc(Nc2nc3c(c(=O)[nH]c(=O)n3C)n2CC(=O)O)cc1. The van der Waals surface area contributed by atoms with Crippen LogP contribution in [0.4, 0.5) is 11.6 Å². The Balaban J connectivity index is 2.13. The summed E-state index contributed by atoms with van der Waals surface area (Å²) in [5.41, 5.74) is 0.693. The van der Waals surface area contributed by atoms with Crippen molar-refractivity contribution in [2.75, 3.05) is 5.32 Å². The van der Waals surface area contributed by atoms with Gasteiger partial charge in [0.05, 0.1) is 0 Å². The van der Waals surface area contributed by atoms with Crippen molar-refractivity contribution in [2.45, 2.75) is 26.3 Å². The maximum atomic E-state index is 12.2. The largest absolute Gasteiger partial charge is 0.480 e. The first kappa shape index (κ1) is 17.5. The van der Waals surface area contributed by atoms with E-state index in [0.29, 0.717) is 11.6 Å². The van der Waals surface area contributed by atoms with E-state index in [0.717, 1.165) is 5.56 Å². The average Bonchev–Trinajstić information content (AvgIpc) is 2.91. The van der Waals surface area contributed by atoms with Gasteiger partial charge in [0.25, 0.3) is 5.56 Å². The topological polar surface area (TPSA) is 122 Å². The predicted molar refractivity (Wildman–Crippen MR) is 97.0 cm³/mol. The van der Waals surface area contributed by atoms with Crippen molar-refractivity contribution in [1.29, 1.82) is 0 Å². The van der Waals surface area contributed by atoms with Crippen LogP contribution in [-0.2, 0) is 18.4 Å². The number of aromatic nitrogens is 4. The molecule has 0 aliphatic carbocycles. The van der Waals surface area contributed by atoms with Gasteiger partial charge in [-0.05, 0) is 23.6 Å². The molecule has 0 aliphatic rings. The summed E-state index contributed by atoms with van der Waals surface area (Å²) >= 11 is 0. The van der Waals surface area contributed by atoms with E-state index in [2.05, 4.69) is 29.1 Å². The van der Waals surface area contributed by atoms with Crippen molar-refractivity contribution in [3.05, 3.63) is 50.7 Å². The van der Waals surface area contributed by atoms with Gasteiger partial charge in [-0.15, -0.1) is 0 Å². The smallest absolute Gasteiger partial charge is 0.329 e. The third kappa shape index (κ3) is 3.10. The van der Waals surface area contributed by atoms with E-state index in [4.69, 9.17) is 0 Å². The van der Waals surface area contributed by atoms with Crippen LogP contribution in [0.5, 0.6) is 0 Å². The van der Waals surface area contributed by atoms with E-state index in [1.807, 2.05) is 24.3 Å². The zero-order chi connectivity index (χ0) is 19.0. The van der Waals surface area contributed by atoms with Crippen LogP contribution in [0.15, 0.2) is 33.9 Å². The molecule has 3 rings (SSSR count). The lowest BCUT2D eigenvalue weighted by Gasteiger charge is -2.10. The normalized spacial score (nSPS) is 11.2. The van der Waals surface area contributed by atoms with E-state index in [-0.39, 0.29) is 17.1 Å². The highest BCUT2D eigenvalue weighted by atomic mass is 16.4. The molecule has 0 fully saturated rings. The molecule has 26 heavy (non-hydrogen) atoms. The number of benzene rings is 1. The molecule has 0 radical (unpaired) electrons. The third-order valence-corrected chi connectivity index (χ3v) is 4.13. The average molecular weight is 357 g/mol. The van der Waals surface area contributed by atoms with Crippen LogP contribution < -0.4 is 16.6 Å². The Hall–Kier alpha value is -3.36. The van der Waals surface area contributed by atoms with E-state index >= 15 is 0 Å². The molecule has 3 aromatic rings. The number of imidazole rings is 1. The molecule has 0 aliphatic heterocycles. The molecule has 9 heteroatoms. The second kappa shape index (κ2) is 6.51. The van der Waals surface area contributed by atoms with Crippen LogP contribution in [-0.4, -0.2) is 30.2 Å². The minimum Gasteiger partial charge on any atom is -0.480 e. The number of carbonyl (C=O) groups is 1. The van der Waals surface area contributed by atoms with E-state index in [1.165, 1.54) is 16.2 Å². The van der Waals surface area contributed by atoms with Crippen LogP contribution in [0.3, 0.4) is 0 Å². The second-order valence-electron chi connectivity index (χ2n) is 6.31. The summed E-state index contributed by atoms with van der Waals surface area (Å²) in [6.07, 6.45) is 0. The number of rotatable bonds is 5. The van der Waals surface area contributed by atoms with Gasteiger partial charge in [-0.2, -0.15) is 4.98 Å². The van der Waals surface area contributed by atoms with Gasteiger partial charge in [-0.1, -0.05) is 26.0 Å². The standard InChI is InChI=1S/C17H19N5O4/c1-9(2)10-4-6-11(7-5-10)18-16-19-14-13(22(16)8-12(23)24)15(25)20-17(26)21(14)3/h4-7,9H,8H2,1-3H3,(H,18,19)(H,23,24)(H,20,25,26). The number of hydrogen-bond donors (Lipinski definition) is 3. The number of aliphatic carboxylic acids is 1. The molecule has 2 aromatic heterocycles. The fourth-order valence-electron chi connectivity index (χ4n) is 2.70. The van der Waals surface area contributed by atoms with Crippen LogP contribution in [0.25, 0.3) is 11.2 Å². The van der Waals surface area contributed by atoms with E-state index in [1.54, 1.807) is 0 Å². The Morgan fingerprint density at radius 2 is 1.92 bits per heavy atom. The summed E-state index contributed by atoms with van der Waals surface area (Å²) in [7, 11) is 1.46. The fraction of sp³-hybridized carbons (Fsp3) is 0.294. The first-order valence-electron chi connectivity index (χ1n) is 8.06. The monoisotopic (exact) mass is 357 g/mol. The number of nitrogens with one attached hydrogen (secondary N) is 2. The number of H-pyrrole nitrogens is 1. The summed E-state index contributed by atoms with van der Waals surface area (Å²) in [6, 6.07) is 7.62. The Morgan fingerprint density at radius 1 is 1.27 bits per heavy atom. The lowest BCUT2D eigenvalue weighted by atomic mass is 10.0. The lowest BCUT2D eigenvalue weighted by Crippen LogP contribution is -2.29. The maximum absolute atomic E-state index is 12.2.